The molecule has 122 valence electrons. The minimum atomic E-state index is 0.320. The fourth-order valence-corrected chi connectivity index (χ4v) is 7.51. The number of ketones is 1. The van der Waals surface area contributed by atoms with Crippen LogP contribution in [0.4, 0.5) is 0 Å². The van der Waals surface area contributed by atoms with Crippen LogP contribution in [0.2, 0.25) is 0 Å². The minimum absolute atomic E-state index is 0.320. The van der Waals surface area contributed by atoms with Crippen LogP contribution in [0.15, 0.2) is 12.2 Å². The summed E-state index contributed by atoms with van der Waals surface area (Å²) in [4.78, 5) is 12.1. The number of fused-ring (bicyclic) bond motifs is 5. The van der Waals surface area contributed by atoms with E-state index in [1.807, 2.05) is 6.92 Å². The lowest BCUT2D eigenvalue weighted by Gasteiger charge is -2.59. The molecule has 0 saturated heterocycles. The molecule has 0 aliphatic heterocycles. The van der Waals surface area contributed by atoms with E-state index in [0.717, 1.165) is 23.7 Å². The van der Waals surface area contributed by atoms with Gasteiger partial charge in [-0.15, -0.1) is 0 Å². The van der Waals surface area contributed by atoms with E-state index in [1.54, 1.807) is 0 Å². The lowest BCUT2D eigenvalue weighted by Crippen LogP contribution is -2.52. The predicted molar refractivity (Wildman–Crippen MR) is 90.4 cm³/mol. The van der Waals surface area contributed by atoms with E-state index in [0.29, 0.717) is 22.5 Å². The van der Waals surface area contributed by atoms with Crippen molar-refractivity contribution in [1.29, 1.82) is 0 Å². The average molecular weight is 300 g/mol. The van der Waals surface area contributed by atoms with E-state index in [1.165, 1.54) is 51.4 Å². The van der Waals surface area contributed by atoms with Gasteiger partial charge in [0, 0.05) is 5.92 Å². The van der Waals surface area contributed by atoms with Crippen LogP contribution in [-0.4, -0.2) is 5.78 Å². The number of carbonyl (C=O) groups is 1. The number of carbonyl (C=O) groups excluding carboxylic acids is 1. The van der Waals surface area contributed by atoms with Crippen LogP contribution in [0.25, 0.3) is 0 Å². The van der Waals surface area contributed by atoms with Crippen LogP contribution in [0.1, 0.15) is 72.1 Å². The molecule has 4 rings (SSSR count). The maximum atomic E-state index is 12.1. The maximum absolute atomic E-state index is 12.1. The van der Waals surface area contributed by atoms with Crippen LogP contribution in [0.3, 0.4) is 0 Å². The normalized spacial score (nSPS) is 53.5. The van der Waals surface area contributed by atoms with Crippen molar-refractivity contribution < 1.29 is 4.79 Å². The molecule has 7 atom stereocenters. The van der Waals surface area contributed by atoms with Gasteiger partial charge in [-0.3, -0.25) is 4.79 Å². The molecule has 4 aliphatic carbocycles. The molecule has 0 bridgehead atoms. The van der Waals surface area contributed by atoms with Gasteiger partial charge in [0.1, 0.15) is 5.78 Å². The first-order chi connectivity index (χ1) is 10.5. The molecule has 0 aromatic carbocycles. The Kier molecular flexibility index (Phi) is 3.37. The zero-order valence-electron chi connectivity index (χ0n) is 14.6. The van der Waals surface area contributed by atoms with E-state index in [2.05, 4.69) is 26.0 Å². The first kappa shape index (κ1) is 15.0. The zero-order chi connectivity index (χ0) is 15.5. The fraction of sp³-hybridized carbons (Fsp3) is 0.857. The molecule has 0 N–H and O–H groups in total. The average Bonchev–Trinajstić information content (AvgIpc) is 2.84. The van der Waals surface area contributed by atoms with Gasteiger partial charge in [-0.05, 0) is 92.8 Å². The smallest absolute Gasteiger partial charge is 0.133 e. The number of allylic oxidation sites excluding steroid dienone is 2. The highest BCUT2D eigenvalue weighted by Crippen LogP contribution is 2.66. The van der Waals surface area contributed by atoms with Crippen molar-refractivity contribution in [3.05, 3.63) is 12.2 Å². The molecule has 22 heavy (non-hydrogen) atoms. The number of rotatable bonds is 1. The summed E-state index contributed by atoms with van der Waals surface area (Å²) in [6.45, 7) is 6.90. The third-order valence-corrected chi connectivity index (χ3v) is 8.70. The Morgan fingerprint density at radius 2 is 1.73 bits per heavy atom. The second-order valence-electron chi connectivity index (χ2n) is 9.35. The summed E-state index contributed by atoms with van der Waals surface area (Å²) >= 11 is 0. The van der Waals surface area contributed by atoms with Crippen LogP contribution < -0.4 is 0 Å². The maximum Gasteiger partial charge on any atom is 0.133 e. The van der Waals surface area contributed by atoms with E-state index >= 15 is 0 Å². The molecule has 3 saturated carbocycles. The van der Waals surface area contributed by atoms with Gasteiger partial charge in [-0.2, -0.15) is 0 Å². The van der Waals surface area contributed by atoms with Gasteiger partial charge < -0.3 is 0 Å². The Morgan fingerprint density at radius 1 is 0.955 bits per heavy atom. The van der Waals surface area contributed by atoms with Crippen LogP contribution in [0, 0.1) is 40.4 Å². The topological polar surface area (TPSA) is 17.1 Å². The van der Waals surface area contributed by atoms with Crippen molar-refractivity contribution in [3.63, 3.8) is 0 Å². The Bertz CT molecular complexity index is 506. The molecule has 0 aromatic heterocycles. The molecule has 0 amide bonds. The van der Waals surface area contributed by atoms with Crippen molar-refractivity contribution in [2.45, 2.75) is 72.1 Å². The van der Waals surface area contributed by atoms with E-state index in [9.17, 15) is 4.79 Å². The highest BCUT2D eigenvalue weighted by molar-refractivity contribution is 5.79. The first-order valence-corrected chi connectivity index (χ1v) is 9.62. The molecule has 0 aromatic rings. The van der Waals surface area contributed by atoms with Gasteiger partial charge >= 0.3 is 0 Å². The highest BCUT2D eigenvalue weighted by Gasteiger charge is 2.59. The standard InChI is InChI=1S/C21H32O/c1-14(22)17-9-10-18-16-8-7-15-6-4-5-12-20(15,2)19(16)11-13-21(17,18)3/h4-5,15-19H,6-13H2,1-3H3/t15-,16?,17?,18?,19?,20?,21?/m0/s1. The van der Waals surface area contributed by atoms with Crippen molar-refractivity contribution in [2.24, 2.45) is 40.4 Å². The van der Waals surface area contributed by atoms with E-state index in [4.69, 9.17) is 0 Å². The van der Waals surface area contributed by atoms with Crippen molar-refractivity contribution in [1.82, 2.24) is 0 Å². The van der Waals surface area contributed by atoms with Crippen molar-refractivity contribution in [3.8, 4) is 0 Å². The largest absolute Gasteiger partial charge is 0.300 e. The molecule has 3 fully saturated rings. The Morgan fingerprint density at radius 3 is 2.50 bits per heavy atom. The Balaban J connectivity index is 1.65. The van der Waals surface area contributed by atoms with Gasteiger partial charge in [0.25, 0.3) is 0 Å². The fourth-order valence-electron chi connectivity index (χ4n) is 7.51. The minimum Gasteiger partial charge on any atom is -0.300 e. The van der Waals surface area contributed by atoms with Gasteiger partial charge in [-0.25, -0.2) is 0 Å². The highest BCUT2D eigenvalue weighted by atomic mass is 16.1. The molecule has 1 nitrogen and oxygen atoms in total. The third kappa shape index (κ3) is 1.86. The summed E-state index contributed by atoms with van der Waals surface area (Å²) in [5, 5.41) is 0. The van der Waals surface area contributed by atoms with Crippen molar-refractivity contribution >= 4 is 5.78 Å². The molecular weight excluding hydrogens is 268 g/mol. The molecule has 0 spiro atoms. The van der Waals surface area contributed by atoms with Gasteiger partial charge in [-0.1, -0.05) is 26.0 Å². The molecule has 4 aliphatic rings. The van der Waals surface area contributed by atoms with Gasteiger partial charge in [0.15, 0.2) is 0 Å². The number of Topliss-reactive ketones (excluding diaryl/α,β-unsaturated/α-hetero) is 1. The summed E-state index contributed by atoms with van der Waals surface area (Å²) in [5.74, 6) is 4.38. The Labute approximate surface area is 135 Å². The summed E-state index contributed by atoms with van der Waals surface area (Å²) in [6.07, 6.45) is 15.5. The summed E-state index contributed by atoms with van der Waals surface area (Å²) in [6, 6.07) is 0. The van der Waals surface area contributed by atoms with E-state index in [-0.39, 0.29) is 0 Å². The molecule has 0 radical (unpaired) electrons. The second kappa shape index (κ2) is 4.95. The molecular formula is C21H32O. The summed E-state index contributed by atoms with van der Waals surface area (Å²) < 4.78 is 0. The molecule has 0 heterocycles. The zero-order valence-corrected chi connectivity index (χ0v) is 14.6. The van der Waals surface area contributed by atoms with Crippen molar-refractivity contribution in [2.75, 3.05) is 0 Å². The van der Waals surface area contributed by atoms with Gasteiger partial charge in [0.05, 0.1) is 0 Å². The quantitative estimate of drug-likeness (QED) is 0.592. The first-order valence-electron chi connectivity index (χ1n) is 9.62. The lowest BCUT2D eigenvalue weighted by atomic mass is 9.45. The van der Waals surface area contributed by atoms with Crippen LogP contribution >= 0.6 is 0 Å². The third-order valence-electron chi connectivity index (χ3n) is 8.70. The van der Waals surface area contributed by atoms with Crippen LogP contribution in [0.5, 0.6) is 0 Å². The number of hydrogen-bond acceptors (Lipinski definition) is 1. The summed E-state index contributed by atoms with van der Waals surface area (Å²) in [5.41, 5.74) is 0.869. The lowest BCUT2D eigenvalue weighted by molar-refractivity contribution is -0.131. The van der Waals surface area contributed by atoms with E-state index < -0.39 is 0 Å². The molecule has 6 unspecified atom stereocenters. The van der Waals surface area contributed by atoms with Gasteiger partial charge in [0.2, 0.25) is 0 Å². The Hall–Kier alpha value is -0.590. The summed E-state index contributed by atoms with van der Waals surface area (Å²) in [7, 11) is 0. The predicted octanol–water partition coefficient (Wildman–Crippen LogP) is 5.40. The monoisotopic (exact) mass is 300 g/mol. The molecule has 1 heteroatoms. The SMILES string of the molecule is CC(=O)C1CCC2C3CC[C@@H]4CC=CCC4(C)C3CCC12C. The second-order valence-corrected chi connectivity index (χ2v) is 9.35. The van der Waals surface area contributed by atoms with Crippen LogP contribution in [-0.2, 0) is 4.79 Å². The number of hydrogen-bond donors (Lipinski definition) is 0.